The van der Waals surface area contributed by atoms with E-state index in [0.29, 0.717) is 5.92 Å². The molecule has 0 aromatic heterocycles. The normalized spacial score (nSPS) is 44.3. The molecule has 1 aromatic carbocycles. The maximum Gasteiger partial charge on any atom is 0.127 e. The zero-order chi connectivity index (χ0) is 12.9. The smallest absolute Gasteiger partial charge is 0.127 e. The van der Waals surface area contributed by atoms with E-state index in [1.807, 2.05) is 0 Å². The number of nitrogens with one attached hydrogen (secondary N) is 2. The first-order valence-corrected chi connectivity index (χ1v) is 7.64. The molecule has 4 aliphatic rings. The Morgan fingerprint density at radius 2 is 1.68 bits per heavy atom. The van der Waals surface area contributed by atoms with E-state index >= 15 is 0 Å². The van der Waals surface area contributed by atoms with Gasteiger partial charge in [-0.3, -0.25) is 0 Å². The lowest BCUT2D eigenvalue weighted by Crippen LogP contribution is -3.17. The summed E-state index contributed by atoms with van der Waals surface area (Å²) in [6, 6.07) is 10.8. The van der Waals surface area contributed by atoms with E-state index in [-0.39, 0.29) is 11.5 Å². The standard InChI is InChI=1S/C16H22N2O/c19-15-14-9-17-6-7-18(10-14)12-16(15,11-17)8-13-4-2-1-3-5-13/h1-5,14-15,19H,6-12H2/p+2/t14?,15-,16?/m0/s1. The van der Waals surface area contributed by atoms with Gasteiger partial charge in [0.15, 0.2) is 0 Å². The van der Waals surface area contributed by atoms with Crippen molar-refractivity contribution in [2.75, 3.05) is 39.3 Å². The summed E-state index contributed by atoms with van der Waals surface area (Å²) in [6.45, 7) is 7.33. The minimum absolute atomic E-state index is 0.0849. The monoisotopic (exact) mass is 260 g/mol. The van der Waals surface area contributed by atoms with Crippen molar-refractivity contribution in [1.82, 2.24) is 0 Å². The maximum atomic E-state index is 10.8. The van der Waals surface area contributed by atoms with Crippen LogP contribution < -0.4 is 9.80 Å². The van der Waals surface area contributed by atoms with Gasteiger partial charge in [-0.15, -0.1) is 0 Å². The first kappa shape index (κ1) is 11.9. The average molecular weight is 260 g/mol. The van der Waals surface area contributed by atoms with Crippen molar-refractivity contribution in [3.8, 4) is 0 Å². The Morgan fingerprint density at radius 3 is 2.32 bits per heavy atom. The third-order valence-corrected chi connectivity index (χ3v) is 5.61. The van der Waals surface area contributed by atoms with Crippen LogP contribution in [-0.4, -0.2) is 50.5 Å². The molecule has 0 aliphatic carbocycles. The fourth-order valence-corrected chi connectivity index (χ4v) is 4.92. The highest BCUT2D eigenvalue weighted by Gasteiger charge is 2.58. The van der Waals surface area contributed by atoms with E-state index in [4.69, 9.17) is 0 Å². The lowest BCUT2D eigenvalue weighted by atomic mass is 9.67. The zero-order valence-corrected chi connectivity index (χ0v) is 11.4. The third-order valence-electron chi connectivity index (χ3n) is 5.61. The summed E-state index contributed by atoms with van der Waals surface area (Å²) >= 11 is 0. The van der Waals surface area contributed by atoms with Gasteiger partial charge in [-0.1, -0.05) is 30.3 Å². The van der Waals surface area contributed by atoms with Gasteiger partial charge < -0.3 is 14.9 Å². The van der Waals surface area contributed by atoms with Crippen LogP contribution in [0.15, 0.2) is 30.3 Å². The van der Waals surface area contributed by atoms with Gasteiger partial charge in [0.05, 0.1) is 43.6 Å². The van der Waals surface area contributed by atoms with Gasteiger partial charge in [-0.05, 0) is 12.0 Å². The highest BCUT2D eigenvalue weighted by atomic mass is 16.3. The molecule has 4 heterocycles. The quantitative estimate of drug-likeness (QED) is 0.564. The van der Waals surface area contributed by atoms with Gasteiger partial charge in [0.1, 0.15) is 13.1 Å². The van der Waals surface area contributed by atoms with Crippen LogP contribution in [0, 0.1) is 11.3 Å². The summed E-state index contributed by atoms with van der Waals surface area (Å²) in [5.41, 5.74) is 1.52. The molecule has 3 atom stereocenters. The molecule has 1 aromatic rings. The highest BCUT2D eigenvalue weighted by Crippen LogP contribution is 2.33. The number of rotatable bonds is 2. The van der Waals surface area contributed by atoms with Crippen LogP contribution in [-0.2, 0) is 6.42 Å². The second kappa shape index (κ2) is 4.30. The molecular weight excluding hydrogens is 236 g/mol. The molecule has 4 bridgehead atoms. The Kier molecular flexibility index (Phi) is 2.69. The van der Waals surface area contributed by atoms with Crippen LogP contribution in [0.5, 0.6) is 0 Å². The van der Waals surface area contributed by atoms with Crippen molar-refractivity contribution in [2.24, 2.45) is 11.3 Å². The number of aliphatic hydroxyl groups is 1. The van der Waals surface area contributed by atoms with Crippen LogP contribution in [0.4, 0.5) is 0 Å². The fourth-order valence-electron chi connectivity index (χ4n) is 4.92. The molecule has 0 spiro atoms. The second-order valence-electron chi connectivity index (χ2n) is 6.99. The molecule has 3 heteroatoms. The third kappa shape index (κ3) is 1.92. The van der Waals surface area contributed by atoms with E-state index in [2.05, 4.69) is 30.3 Å². The summed E-state index contributed by atoms with van der Waals surface area (Å²) < 4.78 is 0. The molecule has 4 aliphatic heterocycles. The molecule has 4 saturated heterocycles. The largest absolute Gasteiger partial charge is 0.391 e. The molecule has 19 heavy (non-hydrogen) atoms. The molecule has 3 N–H and O–H groups in total. The van der Waals surface area contributed by atoms with Crippen LogP contribution >= 0.6 is 0 Å². The Hall–Kier alpha value is -0.900. The first-order valence-electron chi connectivity index (χ1n) is 7.64. The molecule has 2 unspecified atom stereocenters. The van der Waals surface area contributed by atoms with Crippen LogP contribution in [0.2, 0.25) is 0 Å². The van der Waals surface area contributed by atoms with Gasteiger partial charge in [0.2, 0.25) is 0 Å². The predicted octanol–water partition coefficient (Wildman–Crippen LogP) is -2.00. The van der Waals surface area contributed by atoms with Crippen molar-refractivity contribution >= 4 is 0 Å². The summed E-state index contributed by atoms with van der Waals surface area (Å²) in [7, 11) is 0. The number of hydrogen-bond acceptors (Lipinski definition) is 1. The van der Waals surface area contributed by atoms with E-state index in [0.717, 1.165) is 6.42 Å². The maximum absolute atomic E-state index is 10.8. The number of fused-ring (bicyclic) bond motifs is 1. The van der Waals surface area contributed by atoms with Crippen molar-refractivity contribution in [3.63, 3.8) is 0 Å². The Bertz CT molecular complexity index is 445. The molecule has 0 amide bonds. The molecule has 4 fully saturated rings. The fraction of sp³-hybridized carbons (Fsp3) is 0.625. The molecule has 5 rings (SSSR count). The number of benzene rings is 1. The average Bonchev–Trinajstić information content (AvgIpc) is 2.65. The molecule has 0 radical (unpaired) electrons. The van der Waals surface area contributed by atoms with Crippen molar-refractivity contribution in [2.45, 2.75) is 12.5 Å². The summed E-state index contributed by atoms with van der Waals surface area (Å²) in [4.78, 5) is 3.47. The van der Waals surface area contributed by atoms with Gasteiger partial charge in [-0.25, -0.2) is 0 Å². The van der Waals surface area contributed by atoms with Crippen LogP contribution in [0.1, 0.15) is 5.56 Å². The van der Waals surface area contributed by atoms with Gasteiger partial charge in [-0.2, -0.15) is 0 Å². The van der Waals surface area contributed by atoms with E-state index in [1.165, 1.54) is 44.8 Å². The Morgan fingerprint density at radius 1 is 1.05 bits per heavy atom. The number of aliphatic hydroxyl groups excluding tert-OH is 1. The number of quaternary nitrogens is 2. The van der Waals surface area contributed by atoms with Gasteiger partial charge in [0.25, 0.3) is 0 Å². The molecule has 102 valence electrons. The summed E-state index contributed by atoms with van der Waals surface area (Å²) in [5, 5.41) is 10.8. The molecule has 3 nitrogen and oxygen atoms in total. The number of hydrogen-bond donors (Lipinski definition) is 3. The summed E-state index contributed by atoms with van der Waals surface area (Å²) in [5.74, 6) is 0.527. The Labute approximate surface area is 114 Å². The van der Waals surface area contributed by atoms with E-state index in [9.17, 15) is 5.11 Å². The molecule has 0 saturated carbocycles. The van der Waals surface area contributed by atoms with Crippen LogP contribution in [0.25, 0.3) is 0 Å². The van der Waals surface area contributed by atoms with E-state index in [1.54, 1.807) is 9.80 Å². The first-order chi connectivity index (χ1) is 9.25. The minimum Gasteiger partial charge on any atom is -0.391 e. The van der Waals surface area contributed by atoms with Gasteiger partial charge in [0, 0.05) is 0 Å². The zero-order valence-electron chi connectivity index (χ0n) is 11.4. The highest BCUT2D eigenvalue weighted by molar-refractivity contribution is 5.18. The minimum atomic E-state index is -0.0849. The molecular formula is C16H24N2O+2. The van der Waals surface area contributed by atoms with Crippen LogP contribution in [0.3, 0.4) is 0 Å². The Balaban J connectivity index is 1.68. The SMILES string of the molecule is O[C@H]1C2C[NH+]3CC[NH+](C2)CC1(Cc1ccccc1)C3. The van der Waals surface area contributed by atoms with Crippen molar-refractivity contribution < 1.29 is 14.9 Å². The van der Waals surface area contributed by atoms with E-state index < -0.39 is 0 Å². The summed E-state index contributed by atoms with van der Waals surface area (Å²) in [6.07, 6.45) is 0.969. The number of piperidine rings is 2. The van der Waals surface area contributed by atoms with Crippen molar-refractivity contribution in [3.05, 3.63) is 35.9 Å². The van der Waals surface area contributed by atoms with Crippen molar-refractivity contribution in [1.29, 1.82) is 0 Å². The predicted molar refractivity (Wildman–Crippen MR) is 73.2 cm³/mol. The lowest BCUT2D eigenvalue weighted by molar-refractivity contribution is -0.918. The topological polar surface area (TPSA) is 29.1 Å². The lowest BCUT2D eigenvalue weighted by Gasteiger charge is -2.49. The van der Waals surface area contributed by atoms with Gasteiger partial charge >= 0.3 is 0 Å². The second-order valence-corrected chi connectivity index (χ2v) is 6.99.